The normalized spacial score (nSPS) is 13.0. The van der Waals surface area contributed by atoms with E-state index in [0.717, 1.165) is 45.6 Å². The summed E-state index contributed by atoms with van der Waals surface area (Å²) in [5.41, 5.74) is 18.9. The summed E-state index contributed by atoms with van der Waals surface area (Å²) in [6.07, 6.45) is 0. The summed E-state index contributed by atoms with van der Waals surface area (Å²) in [6.45, 7) is 14.2. The molecule has 0 aliphatic carbocycles. The summed E-state index contributed by atoms with van der Waals surface area (Å²) in [5.74, 6) is 2.93. The van der Waals surface area contributed by atoms with Gasteiger partial charge in [0, 0.05) is 54.1 Å². The van der Waals surface area contributed by atoms with Crippen LogP contribution in [-0.4, -0.2) is 13.4 Å². The standard InChI is InChI=1S/C63H54B2N2OS2/c1-40(2)43-33-50(41(3)4)62(51(34-43)42(5)6)65-53-32-31-48(66(44-21-11-7-12-22-44)45-23-13-8-14-24-45)36-59(53)70-60-39-56-54(38-55(60)65)64-52-29-19-20-30-58(52)69-61-37-49(35-57(68-56)63(61)64)67(46-25-15-9-16-26-46)47-27-17-10-18-28-47/h7-42H,1-6H3. The van der Waals surface area contributed by atoms with Gasteiger partial charge in [-0.3, -0.25) is 0 Å². The van der Waals surface area contributed by atoms with Crippen LogP contribution in [-0.2, 0) is 0 Å². The maximum Gasteiger partial charge on any atom is 0.253 e. The van der Waals surface area contributed by atoms with Crippen LogP contribution in [0.5, 0.6) is 11.5 Å². The molecule has 3 aliphatic heterocycles. The van der Waals surface area contributed by atoms with Gasteiger partial charge in [0.15, 0.2) is 0 Å². The van der Waals surface area contributed by atoms with Crippen molar-refractivity contribution in [3.05, 3.63) is 217 Å². The molecule has 9 aromatic rings. The molecule has 340 valence electrons. The van der Waals surface area contributed by atoms with Crippen molar-refractivity contribution in [2.45, 2.75) is 78.9 Å². The van der Waals surface area contributed by atoms with Crippen LogP contribution in [0.4, 0.5) is 34.1 Å². The Hall–Kier alpha value is -6.79. The summed E-state index contributed by atoms with van der Waals surface area (Å²) >= 11 is 3.75. The van der Waals surface area contributed by atoms with E-state index < -0.39 is 0 Å². The maximum absolute atomic E-state index is 7.38. The Morgan fingerprint density at radius 3 is 1.37 bits per heavy atom. The van der Waals surface area contributed by atoms with Gasteiger partial charge < -0.3 is 14.5 Å². The Kier molecular flexibility index (Phi) is 11.5. The first-order chi connectivity index (χ1) is 34.2. The molecule has 0 radical (unpaired) electrons. The van der Waals surface area contributed by atoms with Crippen molar-refractivity contribution in [1.29, 1.82) is 0 Å². The van der Waals surface area contributed by atoms with E-state index >= 15 is 0 Å². The second kappa shape index (κ2) is 18.2. The van der Waals surface area contributed by atoms with E-state index in [1.54, 1.807) is 0 Å². The van der Waals surface area contributed by atoms with Gasteiger partial charge in [-0.2, -0.15) is 0 Å². The molecular formula is C63H54B2N2OS2. The number of para-hydroxylation sites is 4. The predicted molar refractivity (Wildman–Crippen MR) is 301 cm³/mol. The molecule has 3 heterocycles. The average molecular weight is 941 g/mol. The molecule has 0 saturated carbocycles. The lowest BCUT2D eigenvalue weighted by molar-refractivity contribution is 0.485. The van der Waals surface area contributed by atoms with Crippen LogP contribution in [0.3, 0.4) is 0 Å². The van der Waals surface area contributed by atoms with Crippen LogP contribution in [0.15, 0.2) is 220 Å². The summed E-state index contributed by atoms with van der Waals surface area (Å²) < 4.78 is 7.38. The summed E-state index contributed by atoms with van der Waals surface area (Å²) in [4.78, 5) is 9.77. The zero-order valence-corrected chi connectivity index (χ0v) is 42.2. The second-order valence-corrected chi connectivity index (χ2v) is 22.0. The number of ether oxygens (including phenoxy) is 1. The Bertz CT molecular complexity index is 3310. The summed E-state index contributed by atoms with van der Waals surface area (Å²) in [5, 5.41) is 0. The van der Waals surface area contributed by atoms with Crippen LogP contribution in [0.25, 0.3) is 0 Å². The highest BCUT2D eigenvalue weighted by atomic mass is 32.2. The highest BCUT2D eigenvalue weighted by Gasteiger charge is 2.43. The third-order valence-electron chi connectivity index (χ3n) is 14.4. The van der Waals surface area contributed by atoms with E-state index in [1.807, 2.05) is 23.5 Å². The number of hydrogen-bond acceptors (Lipinski definition) is 5. The predicted octanol–water partition coefficient (Wildman–Crippen LogP) is 14.1. The lowest BCUT2D eigenvalue weighted by Crippen LogP contribution is -2.62. The molecule has 7 heteroatoms. The fourth-order valence-electron chi connectivity index (χ4n) is 11.1. The van der Waals surface area contributed by atoms with Gasteiger partial charge >= 0.3 is 0 Å². The fraction of sp³-hybridized carbons (Fsp3) is 0.143. The number of nitrogens with zero attached hydrogens (tertiary/aromatic N) is 2. The third-order valence-corrected chi connectivity index (χ3v) is 16.7. The van der Waals surface area contributed by atoms with Crippen LogP contribution in [0.1, 0.15) is 76.0 Å². The Morgan fingerprint density at radius 1 is 0.343 bits per heavy atom. The molecule has 0 amide bonds. The highest BCUT2D eigenvalue weighted by molar-refractivity contribution is 8.00. The molecule has 3 nitrogen and oxygen atoms in total. The number of benzene rings is 9. The van der Waals surface area contributed by atoms with Gasteiger partial charge in [0.1, 0.15) is 11.5 Å². The first-order valence-electron chi connectivity index (χ1n) is 24.8. The molecule has 3 aliphatic rings. The third kappa shape index (κ3) is 7.75. The zero-order valence-electron chi connectivity index (χ0n) is 40.6. The molecule has 0 N–H and O–H groups in total. The number of fused-ring (bicyclic) bond motifs is 6. The maximum atomic E-state index is 7.38. The van der Waals surface area contributed by atoms with E-state index in [-0.39, 0.29) is 13.4 Å². The van der Waals surface area contributed by atoms with E-state index in [1.165, 1.54) is 69.0 Å². The van der Waals surface area contributed by atoms with E-state index in [0.29, 0.717) is 17.8 Å². The molecule has 0 atom stereocenters. The van der Waals surface area contributed by atoms with E-state index in [4.69, 9.17) is 4.74 Å². The van der Waals surface area contributed by atoms with Crippen molar-refractivity contribution in [2.24, 2.45) is 0 Å². The monoisotopic (exact) mass is 940 g/mol. The topological polar surface area (TPSA) is 15.7 Å². The van der Waals surface area contributed by atoms with Crippen molar-refractivity contribution < 1.29 is 4.74 Å². The van der Waals surface area contributed by atoms with Crippen molar-refractivity contribution >= 4 is 104 Å². The lowest BCUT2D eigenvalue weighted by Gasteiger charge is -2.37. The van der Waals surface area contributed by atoms with Crippen molar-refractivity contribution in [3.63, 3.8) is 0 Å². The van der Waals surface area contributed by atoms with Gasteiger partial charge in [0.2, 0.25) is 6.71 Å². The fourth-order valence-corrected chi connectivity index (χ4v) is 13.4. The van der Waals surface area contributed by atoms with Crippen molar-refractivity contribution in [1.82, 2.24) is 0 Å². The van der Waals surface area contributed by atoms with Crippen LogP contribution >= 0.6 is 23.5 Å². The molecule has 0 spiro atoms. The SMILES string of the molecule is CC(C)c1cc(C(C)C)c(B2c3ccc(N(c4ccccc4)c4ccccc4)cc3Sc3cc4c(cc32)B2c3ccccc3Sc3cc(N(c5ccccc5)c5ccccc5)cc(c32)O4)c(C(C)C)c1. The highest BCUT2D eigenvalue weighted by Crippen LogP contribution is 2.45. The van der Waals surface area contributed by atoms with Crippen molar-refractivity contribution in [2.75, 3.05) is 9.80 Å². The Labute approximate surface area is 423 Å². The van der Waals surface area contributed by atoms with Crippen LogP contribution < -0.4 is 47.3 Å². The number of anilines is 6. The van der Waals surface area contributed by atoms with Gasteiger partial charge in [-0.05, 0) is 124 Å². The van der Waals surface area contributed by atoms with Crippen molar-refractivity contribution in [3.8, 4) is 11.5 Å². The van der Waals surface area contributed by atoms with E-state index in [2.05, 4.69) is 252 Å². The first kappa shape index (κ1) is 44.4. The average Bonchev–Trinajstić information content (AvgIpc) is 3.38. The van der Waals surface area contributed by atoms with Gasteiger partial charge in [-0.15, -0.1) is 0 Å². The second-order valence-electron chi connectivity index (χ2n) is 19.8. The van der Waals surface area contributed by atoms with Gasteiger partial charge in [0.25, 0.3) is 6.71 Å². The smallest absolute Gasteiger partial charge is 0.253 e. The van der Waals surface area contributed by atoms with Crippen LogP contribution in [0.2, 0.25) is 0 Å². The molecule has 0 unspecified atom stereocenters. The molecule has 0 saturated heterocycles. The minimum Gasteiger partial charge on any atom is -0.458 e. The van der Waals surface area contributed by atoms with Gasteiger partial charge in [0.05, 0.1) is 5.69 Å². The lowest BCUT2D eigenvalue weighted by atomic mass is 9.32. The van der Waals surface area contributed by atoms with Gasteiger partial charge in [-0.25, -0.2) is 0 Å². The molecule has 12 rings (SSSR count). The largest absolute Gasteiger partial charge is 0.458 e. The molecule has 70 heavy (non-hydrogen) atoms. The molecule has 9 aromatic carbocycles. The molecule has 0 fully saturated rings. The molecular weight excluding hydrogens is 886 g/mol. The molecule has 0 bridgehead atoms. The van der Waals surface area contributed by atoms with Crippen LogP contribution in [0, 0.1) is 0 Å². The Balaban J connectivity index is 1.09. The summed E-state index contributed by atoms with van der Waals surface area (Å²) in [6, 6.07) is 73.9. The zero-order chi connectivity index (χ0) is 47.6. The summed E-state index contributed by atoms with van der Waals surface area (Å²) in [7, 11) is 0. The first-order valence-corrected chi connectivity index (χ1v) is 26.4. The number of rotatable bonds is 10. The minimum atomic E-state index is 0.00429. The van der Waals surface area contributed by atoms with E-state index in [9.17, 15) is 0 Å². The van der Waals surface area contributed by atoms with Gasteiger partial charge in [-0.1, -0.05) is 202 Å². The quantitative estimate of drug-likeness (QED) is 0.127. The number of hydrogen-bond donors (Lipinski definition) is 0. The molecule has 0 aromatic heterocycles. The minimum absolute atomic E-state index is 0.00429. The Morgan fingerprint density at radius 2 is 0.814 bits per heavy atom.